The minimum atomic E-state index is 1.06. The van der Waals surface area contributed by atoms with E-state index in [-0.39, 0.29) is 0 Å². The number of hydrogen-bond donors (Lipinski definition) is 5. The van der Waals surface area contributed by atoms with Gasteiger partial charge in [-0.2, -0.15) is 0 Å². The predicted molar refractivity (Wildman–Crippen MR) is 70.2 cm³/mol. The van der Waals surface area contributed by atoms with E-state index in [1.807, 2.05) is 0 Å². The molecule has 1 aliphatic heterocycles. The molecule has 0 aromatic rings. The summed E-state index contributed by atoms with van der Waals surface area (Å²) in [6.07, 6.45) is 0. The van der Waals surface area contributed by atoms with Crippen molar-refractivity contribution in [3.63, 3.8) is 0 Å². The van der Waals surface area contributed by atoms with Crippen LogP contribution in [0.3, 0.4) is 0 Å². The van der Waals surface area contributed by atoms with Gasteiger partial charge in [0.25, 0.3) is 0 Å². The van der Waals surface area contributed by atoms with Crippen molar-refractivity contribution in [2.75, 3.05) is 65.4 Å². The molecule has 0 atom stereocenters. The number of hydrogen-bond acceptors (Lipinski definition) is 5. The van der Waals surface area contributed by atoms with Gasteiger partial charge >= 0.3 is 25.2 Å². The first-order valence-electron chi connectivity index (χ1n) is 6.18. The van der Waals surface area contributed by atoms with Crippen LogP contribution in [0.2, 0.25) is 0 Å². The molecule has 0 bridgehead atoms. The van der Waals surface area contributed by atoms with Gasteiger partial charge in [0.05, 0.1) is 0 Å². The van der Waals surface area contributed by atoms with Gasteiger partial charge < -0.3 is 26.6 Å². The van der Waals surface area contributed by atoms with Gasteiger partial charge in [-0.25, -0.2) is 0 Å². The Morgan fingerprint density at radius 1 is 0.412 bits per heavy atom. The van der Waals surface area contributed by atoms with E-state index in [0.29, 0.717) is 0 Å². The van der Waals surface area contributed by atoms with Crippen molar-refractivity contribution < 1.29 is 15.1 Å². The molecule has 0 aromatic heterocycles. The first-order valence-corrected chi connectivity index (χ1v) is 7.80. The fourth-order valence-corrected chi connectivity index (χ4v) is 1.51. The van der Waals surface area contributed by atoms with Crippen LogP contribution in [0.4, 0.5) is 0 Å². The Balaban J connectivity index is 0.00000121. The van der Waals surface area contributed by atoms with Crippen LogP contribution in [0.15, 0.2) is 0 Å². The molecular formula is C10H25ClMnN5+. The molecule has 5 N–H and O–H groups in total. The summed E-state index contributed by atoms with van der Waals surface area (Å²) >= 11 is 2.41. The van der Waals surface area contributed by atoms with E-state index in [2.05, 4.69) is 51.8 Å². The molecule has 0 amide bonds. The third-order valence-corrected chi connectivity index (χ3v) is 2.39. The third kappa shape index (κ3) is 14.5. The van der Waals surface area contributed by atoms with Crippen LogP contribution in [0.25, 0.3) is 0 Å². The molecule has 1 fully saturated rings. The Kier molecular flexibility index (Phi) is 17.2. The van der Waals surface area contributed by atoms with Crippen molar-refractivity contribution in [3.8, 4) is 0 Å². The van der Waals surface area contributed by atoms with Crippen molar-refractivity contribution in [1.29, 1.82) is 0 Å². The molecule has 0 spiro atoms. The normalized spacial score (nSPS) is 21.5. The molecular weight excluding hydrogens is 281 g/mol. The zero-order valence-corrected chi connectivity index (χ0v) is 12.3. The summed E-state index contributed by atoms with van der Waals surface area (Å²) in [6, 6.07) is 0. The van der Waals surface area contributed by atoms with Gasteiger partial charge in [-0.3, -0.25) is 0 Å². The molecule has 0 saturated carbocycles. The molecule has 0 aromatic carbocycles. The molecule has 103 valence electrons. The van der Waals surface area contributed by atoms with E-state index in [0.717, 1.165) is 65.4 Å². The fraction of sp³-hybridized carbons (Fsp3) is 1.00. The molecule has 1 rings (SSSR count). The molecule has 0 aliphatic carbocycles. The average molecular weight is 306 g/mol. The summed E-state index contributed by atoms with van der Waals surface area (Å²) in [4.78, 5) is 0. The summed E-state index contributed by atoms with van der Waals surface area (Å²) < 4.78 is 0. The van der Waals surface area contributed by atoms with Crippen LogP contribution in [0, 0.1) is 0 Å². The summed E-state index contributed by atoms with van der Waals surface area (Å²) in [7, 11) is 4.45. The zero-order valence-electron chi connectivity index (χ0n) is 10.3. The number of halogens is 1. The Morgan fingerprint density at radius 2 is 0.529 bits per heavy atom. The second kappa shape index (κ2) is 16.6. The van der Waals surface area contributed by atoms with Crippen molar-refractivity contribution >= 4 is 10.1 Å². The van der Waals surface area contributed by atoms with Crippen LogP contribution in [-0.4, -0.2) is 65.4 Å². The van der Waals surface area contributed by atoms with Crippen molar-refractivity contribution in [2.45, 2.75) is 0 Å². The van der Waals surface area contributed by atoms with Crippen molar-refractivity contribution in [1.82, 2.24) is 26.6 Å². The van der Waals surface area contributed by atoms with Crippen molar-refractivity contribution in [2.24, 2.45) is 0 Å². The van der Waals surface area contributed by atoms with Gasteiger partial charge in [-0.1, -0.05) is 0 Å². The molecule has 5 nitrogen and oxygen atoms in total. The monoisotopic (exact) mass is 305 g/mol. The van der Waals surface area contributed by atoms with Crippen molar-refractivity contribution in [3.05, 3.63) is 0 Å². The van der Waals surface area contributed by atoms with E-state index in [1.165, 1.54) is 0 Å². The van der Waals surface area contributed by atoms with Gasteiger partial charge in [0.2, 0.25) is 0 Å². The second-order valence-electron chi connectivity index (χ2n) is 3.75. The van der Waals surface area contributed by atoms with E-state index in [4.69, 9.17) is 0 Å². The van der Waals surface area contributed by atoms with Gasteiger partial charge in [0, 0.05) is 65.4 Å². The molecule has 1 aliphatic rings. The standard InChI is InChI=1S/C10H25N5.ClH.Mn/c1-2-12-5-6-14-9-10-15-8-7-13-4-3-11-1;;/h11-15H,1-10H2;1H;/q;;+2/p-1. The average Bonchev–Trinajstić information content (AvgIpc) is 2.39. The predicted octanol–water partition coefficient (Wildman–Crippen LogP) is -1.36. The number of nitrogens with one attached hydrogen (secondary N) is 5. The molecule has 17 heavy (non-hydrogen) atoms. The summed E-state index contributed by atoms with van der Waals surface area (Å²) in [5.74, 6) is 0. The first kappa shape index (κ1) is 17.6. The molecule has 1 heterocycles. The van der Waals surface area contributed by atoms with Gasteiger partial charge in [-0.05, 0) is 0 Å². The number of rotatable bonds is 0. The van der Waals surface area contributed by atoms with Crippen LogP contribution < -0.4 is 26.6 Å². The summed E-state index contributed by atoms with van der Waals surface area (Å²) in [5.41, 5.74) is 0. The van der Waals surface area contributed by atoms with E-state index in [1.54, 1.807) is 0 Å². The van der Waals surface area contributed by atoms with E-state index >= 15 is 0 Å². The van der Waals surface area contributed by atoms with Crippen LogP contribution in [-0.2, 0) is 15.1 Å². The summed E-state index contributed by atoms with van der Waals surface area (Å²) in [5, 5.41) is 16.9. The van der Waals surface area contributed by atoms with Crippen LogP contribution in [0.5, 0.6) is 0 Å². The first-order chi connectivity index (χ1) is 8.50. The van der Waals surface area contributed by atoms with Gasteiger partial charge in [0.15, 0.2) is 0 Å². The molecule has 1 saturated heterocycles. The maximum atomic E-state index is 4.45. The van der Waals surface area contributed by atoms with Gasteiger partial charge in [-0.15, -0.1) is 0 Å². The molecule has 7 heteroatoms. The summed E-state index contributed by atoms with van der Waals surface area (Å²) in [6.45, 7) is 10.6. The SMILES string of the molecule is C1CNCCNCCNCCNCCN1.[Cl][Mn+]. The Bertz CT molecular complexity index is 83.3. The van der Waals surface area contributed by atoms with Crippen LogP contribution >= 0.6 is 10.1 Å². The maximum absolute atomic E-state index is 4.45. The van der Waals surface area contributed by atoms with E-state index < -0.39 is 0 Å². The zero-order chi connectivity index (χ0) is 12.6. The molecule has 0 unspecified atom stereocenters. The Hall–Kier alpha value is 0.609. The second-order valence-corrected chi connectivity index (χ2v) is 3.75. The van der Waals surface area contributed by atoms with E-state index in [9.17, 15) is 0 Å². The fourth-order valence-electron chi connectivity index (χ4n) is 1.51. The van der Waals surface area contributed by atoms with Gasteiger partial charge in [0.1, 0.15) is 0 Å². The third-order valence-electron chi connectivity index (χ3n) is 2.39. The Morgan fingerprint density at radius 3 is 0.647 bits per heavy atom. The quantitative estimate of drug-likeness (QED) is 0.358. The Labute approximate surface area is 117 Å². The minimum absolute atomic E-state index is 1.06. The topological polar surface area (TPSA) is 60.1 Å². The molecule has 0 radical (unpaired) electrons. The van der Waals surface area contributed by atoms with Crippen LogP contribution in [0.1, 0.15) is 0 Å².